The Morgan fingerprint density at radius 1 is 1.12 bits per heavy atom. The molecule has 130 valence electrons. The average molecular weight is 338 g/mol. The van der Waals surface area contributed by atoms with Crippen molar-refractivity contribution in [3.05, 3.63) is 60.2 Å². The third-order valence-corrected chi connectivity index (χ3v) is 4.70. The number of carbonyl (C=O) groups is 2. The van der Waals surface area contributed by atoms with Crippen molar-refractivity contribution < 1.29 is 14.3 Å². The van der Waals surface area contributed by atoms with Crippen LogP contribution < -0.4 is 10.1 Å². The number of nitrogens with one attached hydrogen (secondary N) is 1. The molecule has 1 aliphatic heterocycles. The van der Waals surface area contributed by atoms with Crippen molar-refractivity contribution in [3.8, 4) is 5.75 Å². The first-order valence-corrected chi connectivity index (χ1v) is 8.35. The van der Waals surface area contributed by atoms with Crippen LogP contribution in [0.1, 0.15) is 24.4 Å². The summed E-state index contributed by atoms with van der Waals surface area (Å²) in [6, 6.07) is 16.7. The summed E-state index contributed by atoms with van der Waals surface area (Å²) in [5, 5.41) is 2.97. The maximum Gasteiger partial charge on any atom is 0.229 e. The summed E-state index contributed by atoms with van der Waals surface area (Å²) in [6.45, 7) is 0. The Morgan fingerprint density at radius 2 is 1.80 bits per heavy atom. The minimum Gasteiger partial charge on any atom is -0.497 e. The summed E-state index contributed by atoms with van der Waals surface area (Å²) >= 11 is 0. The third-order valence-electron chi connectivity index (χ3n) is 4.70. The number of amides is 2. The number of nitrogens with zero attached hydrogens (tertiary/aromatic N) is 1. The predicted octanol–water partition coefficient (Wildman–Crippen LogP) is 3.24. The van der Waals surface area contributed by atoms with E-state index in [1.807, 2.05) is 54.6 Å². The number of hydrogen-bond acceptors (Lipinski definition) is 3. The summed E-state index contributed by atoms with van der Waals surface area (Å²) < 4.78 is 5.20. The molecular formula is C20H22N2O3. The van der Waals surface area contributed by atoms with E-state index < -0.39 is 0 Å². The van der Waals surface area contributed by atoms with Crippen LogP contribution in [-0.4, -0.2) is 30.9 Å². The standard InChI is InChI=1S/C20H22N2O3/c1-22-18(23)13-12-17(20(24)21-15-6-4-3-5-7-15)19(22)14-8-10-16(25-2)11-9-14/h3-11,17,19H,12-13H2,1-2H3,(H,21,24)/t17-,19+/m1/s1. The average Bonchev–Trinajstić information content (AvgIpc) is 2.64. The Kier molecular flexibility index (Phi) is 5.03. The first-order chi connectivity index (χ1) is 12.1. The Labute approximate surface area is 147 Å². The molecule has 2 aromatic rings. The van der Waals surface area contributed by atoms with Crippen LogP contribution >= 0.6 is 0 Å². The van der Waals surface area contributed by atoms with Crippen LogP contribution in [0.2, 0.25) is 0 Å². The quantitative estimate of drug-likeness (QED) is 0.931. The number of piperidine rings is 1. The lowest BCUT2D eigenvalue weighted by atomic mass is 9.84. The second kappa shape index (κ2) is 7.38. The fourth-order valence-corrected chi connectivity index (χ4v) is 3.33. The van der Waals surface area contributed by atoms with Gasteiger partial charge in [0, 0.05) is 19.2 Å². The van der Waals surface area contributed by atoms with E-state index in [2.05, 4.69) is 5.32 Å². The number of anilines is 1. The van der Waals surface area contributed by atoms with Crippen molar-refractivity contribution in [1.29, 1.82) is 0 Å². The molecule has 5 nitrogen and oxygen atoms in total. The van der Waals surface area contributed by atoms with Gasteiger partial charge in [0.15, 0.2) is 0 Å². The maximum atomic E-state index is 12.9. The SMILES string of the molecule is COc1ccc([C@H]2[C@H](C(=O)Nc3ccccc3)CCC(=O)N2C)cc1. The topological polar surface area (TPSA) is 58.6 Å². The van der Waals surface area contributed by atoms with Gasteiger partial charge in [-0.3, -0.25) is 9.59 Å². The van der Waals surface area contributed by atoms with Gasteiger partial charge in [-0.15, -0.1) is 0 Å². The van der Waals surface area contributed by atoms with Crippen LogP contribution in [0.25, 0.3) is 0 Å². The molecule has 1 saturated heterocycles. The predicted molar refractivity (Wildman–Crippen MR) is 96.3 cm³/mol. The summed E-state index contributed by atoms with van der Waals surface area (Å²) in [4.78, 5) is 26.7. The second-order valence-corrected chi connectivity index (χ2v) is 6.22. The van der Waals surface area contributed by atoms with Crippen LogP contribution in [0.4, 0.5) is 5.69 Å². The lowest BCUT2D eigenvalue weighted by Crippen LogP contribution is -2.44. The van der Waals surface area contributed by atoms with Crippen LogP contribution in [0.5, 0.6) is 5.75 Å². The van der Waals surface area contributed by atoms with Gasteiger partial charge in [-0.2, -0.15) is 0 Å². The Hall–Kier alpha value is -2.82. The van der Waals surface area contributed by atoms with E-state index in [4.69, 9.17) is 4.74 Å². The molecule has 0 unspecified atom stereocenters. The molecule has 2 amide bonds. The zero-order valence-electron chi connectivity index (χ0n) is 14.4. The highest BCUT2D eigenvalue weighted by molar-refractivity contribution is 5.94. The molecule has 0 aliphatic carbocycles. The summed E-state index contributed by atoms with van der Waals surface area (Å²) in [6.07, 6.45) is 0.925. The van der Waals surface area contributed by atoms with Gasteiger partial charge in [-0.25, -0.2) is 0 Å². The molecule has 0 aromatic heterocycles. The number of ether oxygens (including phenoxy) is 1. The summed E-state index contributed by atoms with van der Waals surface area (Å²) in [5.74, 6) is 0.450. The first kappa shape index (κ1) is 17.0. The number of benzene rings is 2. The van der Waals surface area contributed by atoms with Crippen LogP contribution in [0, 0.1) is 5.92 Å². The van der Waals surface area contributed by atoms with Crippen molar-refractivity contribution in [2.24, 2.45) is 5.92 Å². The van der Waals surface area contributed by atoms with Crippen molar-refractivity contribution in [2.45, 2.75) is 18.9 Å². The molecule has 1 fully saturated rings. The molecule has 1 aliphatic rings. The van der Waals surface area contributed by atoms with E-state index in [0.717, 1.165) is 17.0 Å². The molecule has 1 N–H and O–H groups in total. The monoisotopic (exact) mass is 338 g/mol. The number of rotatable bonds is 4. The van der Waals surface area contributed by atoms with Crippen molar-refractivity contribution in [1.82, 2.24) is 4.90 Å². The van der Waals surface area contributed by atoms with E-state index in [1.165, 1.54) is 0 Å². The molecule has 25 heavy (non-hydrogen) atoms. The van der Waals surface area contributed by atoms with Gasteiger partial charge in [0.2, 0.25) is 11.8 Å². The lowest BCUT2D eigenvalue weighted by molar-refractivity contribution is -0.140. The largest absolute Gasteiger partial charge is 0.497 e. The molecule has 0 radical (unpaired) electrons. The Bertz CT molecular complexity index is 743. The molecule has 0 spiro atoms. The highest BCUT2D eigenvalue weighted by atomic mass is 16.5. The lowest BCUT2D eigenvalue weighted by Gasteiger charge is -2.38. The molecule has 5 heteroatoms. The number of para-hydroxylation sites is 1. The first-order valence-electron chi connectivity index (χ1n) is 8.35. The zero-order chi connectivity index (χ0) is 17.8. The number of likely N-dealkylation sites (tertiary alicyclic amines) is 1. The van der Waals surface area contributed by atoms with E-state index in [-0.39, 0.29) is 23.8 Å². The van der Waals surface area contributed by atoms with Crippen molar-refractivity contribution in [2.75, 3.05) is 19.5 Å². The fraction of sp³-hybridized carbons (Fsp3) is 0.300. The molecule has 0 saturated carbocycles. The molecular weight excluding hydrogens is 316 g/mol. The van der Waals surface area contributed by atoms with E-state index in [0.29, 0.717) is 12.8 Å². The highest BCUT2D eigenvalue weighted by Gasteiger charge is 2.38. The second-order valence-electron chi connectivity index (χ2n) is 6.22. The van der Waals surface area contributed by atoms with E-state index in [1.54, 1.807) is 19.1 Å². The van der Waals surface area contributed by atoms with Gasteiger partial charge in [0.05, 0.1) is 19.1 Å². The molecule has 2 atom stereocenters. The highest BCUT2D eigenvalue weighted by Crippen LogP contribution is 2.37. The smallest absolute Gasteiger partial charge is 0.229 e. The summed E-state index contributed by atoms with van der Waals surface area (Å²) in [7, 11) is 3.38. The minimum atomic E-state index is -0.295. The van der Waals surface area contributed by atoms with Gasteiger partial charge in [0.25, 0.3) is 0 Å². The Balaban J connectivity index is 1.86. The van der Waals surface area contributed by atoms with E-state index in [9.17, 15) is 9.59 Å². The van der Waals surface area contributed by atoms with E-state index >= 15 is 0 Å². The van der Waals surface area contributed by atoms with Crippen LogP contribution in [0.3, 0.4) is 0 Å². The molecule has 0 bridgehead atoms. The van der Waals surface area contributed by atoms with Gasteiger partial charge in [0.1, 0.15) is 5.75 Å². The normalized spacial score (nSPS) is 20.2. The molecule has 3 rings (SSSR count). The number of carbonyl (C=O) groups excluding carboxylic acids is 2. The Morgan fingerprint density at radius 3 is 2.44 bits per heavy atom. The van der Waals surface area contributed by atoms with Crippen LogP contribution in [0.15, 0.2) is 54.6 Å². The number of methoxy groups -OCH3 is 1. The molecule has 1 heterocycles. The maximum absolute atomic E-state index is 12.9. The van der Waals surface area contributed by atoms with Crippen molar-refractivity contribution >= 4 is 17.5 Å². The van der Waals surface area contributed by atoms with Crippen LogP contribution in [-0.2, 0) is 9.59 Å². The molecule has 2 aromatic carbocycles. The minimum absolute atomic E-state index is 0.0598. The third kappa shape index (κ3) is 3.65. The van der Waals surface area contributed by atoms with Gasteiger partial charge < -0.3 is 15.0 Å². The van der Waals surface area contributed by atoms with Gasteiger partial charge >= 0.3 is 0 Å². The number of hydrogen-bond donors (Lipinski definition) is 1. The zero-order valence-corrected chi connectivity index (χ0v) is 14.4. The van der Waals surface area contributed by atoms with Crippen molar-refractivity contribution in [3.63, 3.8) is 0 Å². The fourth-order valence-electron chi connectivity index (χ4n) is 3.33. The summed E-state index contributed by atoms with van der Waals surface area (Å²) in [5.41, 5.74) is 1.70. The van der Waals surface area contributed by atoms with Gasteiger partial charge in [-0.1, -0.05) is 30.3 Å². The van der Waals surface area contributed by atoms with Gasteiger partial charge in [-0.05, 0) is 36.2 Å².